The summed E-state index contributed by atoms with van der Waals surface area (Å²) in [5.74, 6) is 1.59. The number of nitrogens with one attached hydrogen (secondary N) is 2. The van der Waals surface area contributed by atoms with Crippen molar-refractivity contribution in [3.05, 3.63) is 18.2 Å². The quantitative estimate of drug-likeness (QED) is 0.710. The Labute approximate surface area is 130 Å². The van der Waals surface area contributed by atoms with Gasteiger partial charge >= 0.3 is 6.03 Å². The highest BCUT2D eigenvalue weighted by molar-refractivity contribution is 5.74. The summed E-state index contributed by atoms with van der Waals surface area (Å²) in [7, 11) is 0. The Morgan fingerprint density at radius 3 is 3.00 bits per heavy atom. The number of imidazole rings is 1. The number of amides is 2. The average molecular weight is 307 g/mol. The first-order valence-corrected chi connectivity index (χ1v) is 8.12. The molecule has 1 aromatic heterocycles. The molecule has 1 atom stereocenters. The molecule has 0 unspecified atom stereocenters. The fourth-order valence-corrected chi connectivity index (χ4v) is 3.04. The molecule has 1 saturated heterocycles. The van der Waals surface area contributed by atoms with Crippen molar-refractivity contribution in [2.75, 3.05) is 32.8 Å². The number of nitrogens with zero attached hydrogens (tertiary/aromatic N) is 3. The summed E-state index contributed by atoms with van der Waals surface area (Å²) in [5, 5.41) is 12.2. The Kier molecular flexibility index (Phi) is 4.94. The minimum atomic E-state index is -0.0505. The molecule has 0 radical (unpaired) electrons. The van der Waals surface area contributed by atoms with E-state index in [1.165, 1.54) is 12.8 Å². The minimum Gasteiger partial charge on any atom is -0.396 e. The van der Waals surface area contributed by atoms with Gasteiger partial charge in [0.1, 0.15) is 5.82 Å². The van der Waals surface area contributed by atoms with Crippen LogP contribution in [0.2, 0.25) is 0 Å². The van der Waals surface area contributed by atoms with Crippen LogP contribution in [0.25, 0.3) is 0 Å². The van der Waals surface area contributed by atoms with Crippen molar-refractivity contribution in [2.24, 2.45) is 5.92 Å². The minimum absolute atomic E-state index is 0.0505. The van der Waals surface area contributed by atoms with Crippen molar-refractivity contribution in [3.8, 4) is 0 Å². The third-order valence-corrected chi connectivity index (χ3v) is 4.51. The molecule has 2 fully saturated rings. The van der Waals surface area contributed by atoms with Crippen molar-refractivity contribution in [3.63, 3.8) is 0 Å². The van der Waals surface area contributed by atoms with Crippen LogP contribution in [0, 0.1) is 5.92 Å². The fourth-order valence-electron chi connectivity index (χ4n) is 3.04. The summed E-state index contributed by atoms with van der Waals surface area (Å²) in [6.07, 6.45) is 6.81. The number of aliphatic hydroxyl groups excluding tert-OH is 1. The molecule has 22 heavy (non-hydrogen) atoms. The molecule has 0 bridgehead atoms. The van der Waals surface area contributed by atoms with E-state index >= 15 is 0 Å². The Morgan fingerprint density at radius 1 is 1.45 bits per heavy atom. The number of hydrogen-bond donors (Lipinski definition) is 3. The van der Waals surface area contributed by atoms with E-state index in [0.717, 1.165) is 37.8 Å². The molecular weight excluding hydrogens is 282 g/mol. The van der Waals surface area contributed by atoms with Gasteiger partial charge in [0, 0.05) is 51.2 Å². The van der Waals surface area contributed by atoms with Crippen LogP contribution >= 0.6 is 0 Å². The first-order valence-electron chi connectivity index (χ1n) is 8.12. The Morgan fingerprint density at radius 2 is 2.32 bits per heavy atom. The van der Waals surface area contributed by atoms with E-state index in [2.05, 4.69) is 20.2 Å². The second-order valence-electron chi connectivity index (χ2n) is 6.25. The van der Waals surface area contributed by atoms with Gasteiger partial charge in [-0.2, -0.15) is 0 Å². The lowest BCUT2D eigenvalue weighted by Gasteiger charge is -2.41. The molecule has 3 N–H and O–H groups in total. The van der Waals surface area contributed by atoms with Crippen molar-refractivity contribution < 1.29 is 9.90 Å². The van der Waals surface area contributed by atoms with Crippen LogP contribution in [0.1, 0.15) is 25.1 Å². The zero-order valence-corrected chi connectivity index (χ0v) is 12.9. The van der Waals surface area contributed by atoms with Crippen LogP contribution in [-0.2, 0) is 6.54 Å². The van der Waals surface area contributed by atoms with Gasteiger partial charge in [-0.25, -0.2) is 9.78 Å². The van der Waals surface area contributed by atoms with Crippen LogP contribution in [0.5, 0.6) is 0 Å². The van der Waals surface area contributed by atoms with Crippen LogP contribution < -0.4 is 5.32 Å². The smallest absolute Gasteiger partial charge is 0.317 e. The molecule has 0 spiro atoms. The summed E-state index contributed by atoms with van der Waals surface area (Å²) in [6, 6.07) is 0.221. The molecule has 122 valence electrons. The monoisotopic (exact) mass is 307 g/mol. The maximum atomic E-state index is 12.3. The fraction of sp³-hybridized carbons (Fsp3) is 0.733. The van der Waals surface area contributed by atoms with Gasteiger partial charge in [-0.05, 0) is 25.2 Å². The van der Waals surface area contributed by atoms with Crippen LogP contribution in [0.4, 0.5) is 4.79 Å². The largest absolute Gasteiger partial charge is 0.396 e. The highest BCUT2D eigenvalue weighted by atomic mass is 16.3. The molecule has 2 aliphatic rings. The van der Waals surface area contributed by atoms with Gasteiger partial charge in [-0.15, -0.1) is 0 Å². The molecular formula is C15H25N5O2. The van der Waals surface area contributed by atoms with Gasteiger partial charge in [0.05, 0.1) is 6.54 Å². The molecule has 7 heteroatoms. The highest BCUT2D eigenvalue weighted by Crippen LogP contribution is 2.31. The van der Waals surface area contributed by atoms with E-state index in [-0.39, 0.29) is 18.7 Å². The Hall–Kier alpha value is -1.60. The van der Waals surface area contributed by atoms with Crippen molar-refractivity contribution in [1.82, 2.24) is 25.1 Å². The van der Waals surface area contributed by atoms with E-state index in [0.29, 0.717) is 13.1 Å². The molecule has 1 saturated carbocycles. The number of hydrogen-bond acceptors (Lipinski definition) is 4. The first kappa shape index (κ1) is 15.3. The number of aliphatic hydroxyl groups is 1. The second kappa shape index (κ2) is 7.11. The molecule has 7 nitrogen and oxygen atoms in total. The number of urea groups is 1. The number of aromatic amines is 1. The highest BCUT2D eigenvalue weighted by Gasteiger charge is 2.33. The van der Waals surface area contributed by atoms with E-state index in [4.69, 9.17) is 0 Å². The molecule has 0 aromatic carbocycles. The van der Waals surface area contributed by atoms with Crippen LogP contribution in [0.3, 0.4) is 0 Å². The lowest BCUT2D eigenvalue weighted by atomic mass is 10.1. The predicted molar refractivity (Wildman–Crippen MR) is 82.2 cm³/mol. The molecule has 1 aliphatic heterocycles. The van der Waals surface area contributed by atoms with Gasteiger partial charge in [0.2, 0.25) is 0 Å². The number of piperazine rings is 1. The summed E-state index contributed by atoms with van der Waals surface area (Å²) in [6.45, 7) is 4.05. The standard InChI is InChI=1S/C15H25N5O2/c21-8-3-13-11-20(7-6-19(13)10-12-1-2-12)15(22)18-9-14-16-4-5-17-14/h4-5,12-13,21H,1-3,6-11H2,(H,16,17)(H,18,22)/t13-/m0/s1. The molecule has 3 rings (SSSR count). The van der Waals surface area contributed by atoms with Crippen LogP contribution in [0.15, 0.2) is 12.4 Å². The summed E-state index contributed by atoms with van der Waals surface area (Å²) >= 11 is 0. The topological polar surface area (TPSA) is 84.5 Å². The lowest BCUT2D eigenvalue weighted by Crippen LogP contribution is -2.57. The summed E-state index contributed by atoms with van der Waals surface area (Å²) < 4.78 is 0. The van der Waals surface area contributed by atoms with Gasteiger partial charge < -0.3 is 20.3 Å². The Balaban J connectivity index is 1.50. The van der Waals surface area contributed by atoms with Crippen molar-refractivity contribution in [1.29, 1.82) is 0 Å². The van der Waals surface area contributed by atoms with Crippen molar-refractivity contribution in [2.45, 2.75) is 31.8 Å². The molecule has 1 aromatic rings. The maximum absolute atomic E-state index is 12.3. The van der Waals surface area contributed by atoms with E-state index in [1.807, 2.05) is 4.90 Å². The number of carbonyl (C=O) groups is 1. The summed E-state index contributed by atoms with van der Waals surface area (Å²) in [5.41, 5.74) is 0. The lowest BCUT2D eigenvalue weighted by molar-refractivity contribution is 0.0702. The average Bonchev–Trinajstić information content (AvgIpc) is 3.18. The van der Waals surface area contributed by atoms with Crippen LogP contribution in [-0.4, -0.2) is 69.7 Å². The molecule has 2 heterocycles. The maximum Gasteiger partial charge on any atom is 0.317 e. The zero-order valence-electron chi connectivity index (χ0n) is 12.9. The number of carbonyl (C=O) groups excluding carboxylic acids is 1. The van der Waals surface area contributed by atoms with E-state index in [1.54, 1.807) is 12.4 Å². The molecule has 1 aliphatic carbocycles. The SMILES string of the molecule is O=C(NCc1ncc[nH]1)N1CCN(CC2CC2)[C@@H](CCO)C1. The number of H-pyrrole nitrogens is 1. The van der Waals surface area contributed by atoms with Gasteiger partial charge in [-0.1, -0.05) is 0 Å². The first-order chi connectivity index (χ1) is 10.8. The zero-order chi connectivity index (χ0) is 15.4. The van der Waals surface area contributed by atoms with Gasteiger partial charge in [-0.3, -0.25) is 4.90 Å². The van der Waals surface area contributed by atoms with Crippen molar-refractivity contribution >= 4 is 6.03 Å². The normalized spacial score (nSPS) is 22.8. The number of aromatic nitrogens is 2. The third-order valence-electron chi connectivity index (χ3n) is 4.51. The second-order valence-corrected chi connectivity index (χ2v) is 6.25. The summed E-state index contributed by atoms with van der Waals surface area (Å²) in [4.78, 5) is 23.7. The van der Waals surface area contributed by atoms with Gasteiger partial charge in [0.15, 0.2) is 0 Å². The van der Waals surface area contributed by atoms with Gasteiger partial charge in [0.25, 0.3) is 0 Å². The third kappa shape index (κ3) is 3.98. The van der Waals surface area contributed by atoms with E-state index < -0.39 is 0 Å². The Bertz CT molecular complexity index is 474. The molecule has 2 amide bonds. The van der Waals surface area contributed by atoms with E-state index in [9.17, 15) is 9.90 Å². The number of rotatable bonds is 6. The predicted octanol–water partition coefficient (Wildman–Crippen LogP) is 0.398.